The van der Waals surface area contributed by atoms with Crippen molar-refractivity contribution in [3.63, 3.8) is 0 Å². The van der Waals surface area contributed by atoms with Crippen molar-refractivity contribution in [2.24, 2.45) is 0 Å². The number of hydrogen-bond donors (Lipinski definition) is 1. The van der Waals surface area contributed by atoms with Gasteiger partial charge in [-0.25, -0.2) is 4.68 Å². The van der Waals surface area contributed by atoms with Gasteiger partial charge >= 0.3 is 0 Å². The number of rotatable bonds is 11. The molecule has 1 aliphatic heterocycles. The molecule has 1 N–H and O–H groups in total. The van der Waals surface area contributed by atoms with E-state index >= 15 is 0 Å². The van der Waals surface area contributed by atoms with Crippen molar-refractivity contribution in [1.29, 1.82) is 0 Å². The van der Waals surface area contributed by atoms with Gasteiger partial charge in [0.25, 0.3) is 0 Å². The summed E-state index contributed by atoms with van der Waals surface area (Å²) in [7, 11) is 3.10. The van der Waals surface area contributed by atoms with Crippen LogP contribution in [0.3, 0.4) is 0 Å². The number of nitrogens with zero attached hydrogens (tertiary/aromatic N) is 4. The van der Waals surface area contributed by atoms with Gasteiger partial charge < -0.3 is 24.4 Å². The van der Waals surface area contributed by atoms with Crippen LogP contribution in [0, 0.1) is 0 Å². The Kier molecular flexibility index (Phi) is 8.51. The summed E-state index contributed by atoms with van der Waals surface area (Å²) in [6.45, 7) is 6.77. The van der Waals surface area contributed by atoms with Crippen molar-refractivity contribution in [2.75, 3.05) is 27.4 Å². The molecule has 0 bridgehead atoms. The van der Waals surface area contributed by atoms with Crippen LogP contribution in [0.25, 0.3) is 11.0 Å². The first-order chi connectivity index (χ1) is 18.3. The van der Waals surface area contributed by atoms with Crippen LogP contribution in [0.1, 0.15) is 51.6 Å². The highest BCUT2D eigenvalue weighted by molar-refractivity contribution is 5.90. The van der Waals surface area contributed by atoms with Crippen molar-refractivity contribution in [3.05, 3.63) is 48.0 Å². The van der Waals surface area contributed by atoms with E-state index in [0.717, 1.165) is 24.8 Å². The molecule has 1 fully saturated rings. The van der Waals surface area contributed by atoms with E-state index in [-0.39, 0.29) is 31.0 Å². The lowest BCUT2D eigenvalue weighted by Crippen LogP contribution is -2.52. The van der Waals surface area contributed by atoms with Gasteiger partial charge in [-0.1, -0.05) is 30.3 Å². The molecular formula is C28H37N5O5. The summed E-state index contributed by atoms with van der Waals surface area (Å²) in [5, 5.41) is 11.5. The van der Waals surface area contributed by atoms with E-state index in [1.807, 2.05) is 45.0 Å². The molecule has 204 valence electrons. The molecule has 2 aromatic carbocycles. The first-order valence-corrected chi connectivity index (χ1v) is 13.0. The Morgan fingerprint density at radius 2 is 1.95 bits per heavy atom. The quantitative estimate of drug-likeness (QED) is 0.410. The summed E-state index contributed by atoms with van der Waals surface area (Å²) < 4.78 is 18.4. The molecule has 10 heteroatoms. The fraction of sp³-hybridized carbons (Fsp3) is 0.500. The van der Waals surface area contributed by atoms with Gasteiger partial charge in [0.05, 0.1) is 25.8 Å². The highest BCUT2D eigenvalue weighted by atomic mass is 16.5. The van der Waals surface area contributed by atoms with Gasteiger partial charge in [-0.15, -0.1) is 5.10 Å². The number of fused-ring (bicyclic) bond motifs is 1. The molecule has 4 rings (SSSR count). The summed E-state index contributed by atoms with van der Waals surface area (Å²) in [6.07, 6.45) is 2.29. The van der Waals surface area contributed by atoms with Gasteiger partial charge in [0.15, 0.2) is 11.5 Å². The maximum absolute atomic E-state index is 14.0. The second kappa shape index (κ2) is 11.8. The second-order valence-electron chi connectivity index (χ2n) is 10.2. The van der Waals surface area contributed by atoms with Crippen LogP contribution < -0.4 is 14.8 Å². The van der Waals surface area contributed by atoms with Crippen LogP contribution in [0.2, 0.25) is 0 Å². The number of nitrogens with one attached hydrogen (secondary N) is 1. The minimum atomic E-state index is -0.924. The molecule has 1 aromatic heterocycles. The maximum atomic E-state index is 14.0. The largest absolute Gasteiger partial charge is 0.493 e. The molecule has 0 spiro atoms. The number of hydrogen-bond acceptors (Lipinski definition) is 7. The van der Waals surface area contributed by atoms with E-state index in [0.29, 0.717) is 29.2 Å². The van der Waals surface area contributed by atoms with E-state index < -0.39 is 11.6 Å². The van der Waals surface area contributed by atoms with Crippen molar-refractivity contribution in [2.45, 2.75) is 64.3 Å². The topological polar surface area (TPSA) is 108 Å². The van der Waals surface area contributed by atoms with Crippen molar-refractivity contribution >= 4 is 22.8 Å². The van der Waals surface area contributed by atoms with Crippen LogP contribution >= 0.6 is 0 Å². The fourth-order valence-electron chi connectivity index (χ4n) is 4.60. The predicted octanol–water partition coefficient (Wildman–Crippen LogP) is 3.50. The number of para-hydroxylation sites is 1. The van der Waals surface area contributed by atoms with Crippen molar-refractivity contribution in [3.8, 4) is 11.5 Å². The van der Waals surface area contributed by atoms with Gasteiger partial charge in [0, 0.05) is 18.7 Å². The van der Waals surface area contributed by atoms with E-state index in [1.165, 1.54) is 0 Å². The molecule has 10 nitrogen and oxygen atoms in total. The number of carbonyl (C=O) groups excluding carboxylic acids is 2. The first-order valence-electron chi connectivity index (χ1n) is 13.0. The zero-order chi connectivity index (χ0) is 27.3. The Labute approximate surface area is 223 Å². The summed E-state index contributed by atoms with van der Waals surface area (Å²) in [5.41, 5.74) is 1.59. The Balaban J connectivity index is 1.76. The number of carbonyl (C=O) groups is 2. The second-order valence-corrected chi connectivity index (χ2v) is 10.2. The predicted molar refractivity (Wildman–Crippen MR) is 143 cm³/mol. The molecule has 3 aromatic rings. The zero-order valence-electron chi connectivity index (χ0n) is 22.8. The summed E-state index contributed by atoms with van der Waals surface area (Å²) in [6, 6.07) is 11.8. The van der Waals surface area contributed by atoms with Gasteiger partial charge in [0.1, 0.15) is 18.1 Å². The highest BCUT2D eigenvalue weighted by Crippen LogP contribution is 2.33. The van der Waals surface area contributed by atoms with Gasteiger partial charge in [-0.2, -0.15) is 0 Å². The first kappa shape index (κ1) is 27.4. The van der Waals surface area contributed by atoms with Crippen LogP contribution in [0.4, 0.5) is 0 Å². The minimum Gasteiger partial charge on any atom is -0.493 e. The smallest absolute Gasteiger partial charge is 0.247 e. The van der Waals surface area contributed by atoms with Crippen LogP contribution in [0.15, 0.2) is 42.5 Å². The molecule has 0 unspecified atom stereocenters. The third-order valence-electron chi connectivity index (χ3n) is 7.08. The highest BCUT2D eigenvalue weighted by Gasteiger charge is 2.36. The molecule has 2 atom stereocenters. The van der Waals surface area contributed by atoms with E-state index in [2.05, 4.69) is 15.6 Å². The lowest BCUT2D eigenvalue weighted by molar-refractivity contribution is -0.144. The monoisotopic (exact) mass is 523 g/mol. The Morgan fingerprint density at radius 3 is 2.63 bits per heavy atom. The third kappa shape index (κ3) is 6.07. The fourth-order valence-corrected chi connectivity index (χ4v) is 4.60. The zero-order valence-corrected chi connectivity index (χ0v) is 22.8. The van der Waals surface area contributed by atoms with E-state index in [9.17, 15) is 9.59 Å². The SMILES string of the molecule is CCC(C)(C)NC(=O)[C@H](c1ccc(OC)c(OC)c1)N(C[C@@H]1CCCO1)C(=O)Cn1nnc2ccccc21. The molecule has 0 aliphatic carbocycles. The number of amides is 2. The number of aromatic nitrogens is 3. The lowest BCUT2D eigenvalue weighted by atomic mass is 9.98. The third-order valence-corrected chi connectivity index (χ3v) is 7.08. The number of methoxy groups -OCH3 is 2. The minimum absolute atomic E-state index is 0.0680. The standard InChI is InChI=1S/C28H37N5O5/c1-6-28(2,3)29-27(35)26(19-13-14-23(36-4)24(16-19)37-5)32(17-20-10-9-15-38-20)25(34)18-33-22-12-8-7-11-21(22)30-31-33/h7-8,11-14,16,20,26H,6,9-10,15,17-18H2,1-5H3,(H,29,35)/t20-,26-/m0/s1. The summed E-state index contributed by atoms with van der Waals surface area (Å²) in [5.74, 6) is 0.471. The number of ether oxygens (including phenoxy) is 3. The van der Waals surface area contributed by atoms with Gasteiger partial charge in [-0.3, -0.25) is 9.59 Å². The summed E-state index contributed by atoms with van der Waals surface area (Å²) in [4.78, 5) is 29.6. The molecule has 1 aliphatic rings. The Bertz CT molecular complexity index is 1270. The van der Waals surface area contributed by atoms with Crippen LogP contribution in [-0.4, -0.2) is 70.7 Å². The Hall–Kier alpha value is -3.66. The van der Waals surface area contributed by atoms with Gasteiger partial charge in [-0.05, 0) is 62.9 Å². The molecule has 2 amide bonds. The Morgan fingerprint density at radius 1 is 1.18 bits per heavy atom. The van der Waals surface area contributed by atoms with Crippen LogP contribution in [-0.2, 0) is 20.9 Å². The maximum Gasteiger partial charge on any atom is 0.247 e. The van der Waals surface area contributed by atoms with Crippen LogP contribution in [0.5, 0.6) is 11.5 Å². The van der Waals surface area contributed by atoms with Crippen molar-refractivity contribution in [1.82, 2.24) is 25.2 Å². The van der Waals surface area contributed by atoms with E-state index in [4.69, 9.17) is 14.2 Å². The molecule has 0 saturated carbocycles. The average Bonchev–Trinajstić information content (AvgIpc) is 3.58. The number of benzene rings is 2. The van der Waals surface area contributed by atoms with Gasteiger partial charge in [0.2, 0.25) is 11.8 Å². The molecule has 38 heavy (non-hydrogen) atoms. The molecular weight excluding hydrogens is 486 g/mol. The average molecular weight is 524 g/mol. The van der Waals surface area contributed by atoms with E-state index in [1.54, 1.807) is 42.0 Å². The van der Waals surface area contributed by atoms with Crippen molar-refractivity contribution < 1.29 is 23.8 Å². The normalized spacial score (nSPS) is 16.3. The molecule has 2 heterocycles. The molecule has 1 saturated heterocycles. The summed E-state index contributed by atoms with van der Waals surface area (Å²) >= 11 is 0. The lowest BCUT2D eigenvalue weighted by Gasteiger charge is -2.35. The molecule has 0 radical (unpaired) electrons.